The number of nitrogens with zero attached hydrogens (tertiary/aromatic N) is 2. The number of hydrogen-bond donors (Lipinski definition) is 0. The molecule has 1 unspecified atom stereocenters. The Hall–Kier alpha value is -4.06. The van der Waals surface area contributed by atoms with Crippen LogP contribution in [0.4, 0.5) is 0 Å². The quantitative estimate of drug-likeness (QED) is 0.460. The molecule has 1 atom stereocenters. The maximum absolute atomic E-state index is 14.1. The molecule has 3 aromatic carbocycles. The average Bonchev–Trinajstić information content (AvgIpc) is 2.89. The van der Waals surface area contributed by atoms with E-state index in [1.54, 1.807) is 25.8 Å². The van der Waals surface area contributed by atoms with E-state index >= 15 is 0 Å². The van der Waals surface area contributed by atoms with Gasteiger partial charge in [-0.25, -0.2) is 0 Å². The van der Waals surface area contributed by atoms with Crippen molar-refractivity contribution in [3.63, 3.8) is 0 Å². The zero-order chi connectivity index (χ0) is 23.8. The summed E-state index contributed by atoms with van der Waals surface area (Å²) < 4.78 is 12.7. The molecule has 4 aromatic rings. The smallest absolute Gasteiger partial charge is 0.255 e. The van der Waals surface area contributed by atoms with E-state index in [1.807, 2.05) is 71.6 Å². The number of hydrogen-bond acceptors (Lipinski definition) is 4. The molecule has 0 bridgehead atoms. The van der Waals surface area contributed by atoms with Gasteiger partial charge in [0.25, 0.3) is 11.5 Å². The van der Waals surface area contributed by atoms with Crippen LogP contribution in [0, 0.1) is 0 Å². The fourth-order valence-electron chi connectivity index (χ4n) is 4.90. The van der Waals surface area contributed by atoms with Crippen LogP contribution in [-0.2, 0) is 13.5 Å². The van der Waals surface area contributed by atoms with Gasteiger partial charge in [-0.15, -0.1) is 0 Å². The highest BCUT2D eigenvalue weighted by molar-refractivity contribution is 6.06. The molecule has 0 aliphatic carbocycles. The van der Waals surface area contributed by atoms with E-state index in [9.17, 15) is 9.59 Å². The van der Waals surface area contributed by atoms with Gasteiger partial charge in [-0.1, -0.05) is 48.5 Å². The van der Waals surface area contributed by atoms with Crippen LogP contribution in [0.25, 0.3) is 10.9 Å². The van der Waals surface area contributed by atoms with Crippen molar-refractivity contribution in [3.8, 4) is 11.5 Å². The third-order valence-electron chi connectivity index (χ3n) is 6.63. The minimum Gasteiger partial charge on any atom is -0.493 e. The molecule has 172 valence electrons. The zero-order valence-corrected chi connectivity index (χ0v) is 19.4. The van der Waals surface area contributed by atoms with Crippen LogP contribution in [-0.4, -0.2) is 36.1 Å². The predicted octanol–water partition coefficient (Wildman–Crippen LogP) is 4.34. The van der Waals surface area contributed by atoms with E-state index in [1.165, 1.54) is 6.07 Å². The number of carbonyl (C=O) groups excluding carboxylic acids is 1. The SMILES string of the molecule is COc1cc2c(cc1OC)C(c1ccccc1)N(C(=O)c1cc(=O)n(C)c3ccccc13)CC2. The Morgan fingerprint density at radius 3 is 2.32 bits per heavy atom. The van der Waals surface area contributed by atoms with Crippen LogP contribution >= 0.6 is 0 Å². The molecule has 1 aromatic heterocycles. The average molecular weight is 455 g/mol. The standard InChI is InChI=1S/C28H26N2O4/c1-29-23-12-8-7-11-20(23)22(17-26(29)31)28(32)30-14-13-19-15-24(33-2)25(34-3)16-21(19)27(30)18-9-5-4-6-10-18/h4-12,15-17,27H,13-14H2,1-3H3. The first kappa shape index (κ1) is 21.8. The number of methoxy groups -OCH3 is 2. The lowest BCUT2D eigenvalue weighted by molar-refractivity contribution is 0.0696. The first-order chi connectivity index (χ1) is 16.5. The Kier molecular flexibility index (Phi) is 5.57. The molecule has 0 N–H and O–H groups in total. The number of aromatic nitrogens is 1. The first-order valence-electron chi connectivity index (χ1n) is 11.2. The molecule has 0 saturated heterocycles. The van der Waals surface area contributed by atoms with Crippen molar-refractivity contribution in [3.05, 3.63) is 105 Å². The Labute approximate surface area is 198 Å². The van der Waals surface area contributed by atoms with Gasteiger partial charge in [-0.2, -0.15) is 0 Å². The van der Waals surface area contributed by atoms with Gasteiger partial charge in [0.2, 0.25) is 0 Å². The summed E-state index contributed by atoms with van der Waals surface area (Å²) in [6, 6.07) is 22.6. The Morgan fingerprint density at radius 1 is 0.912 bits per heavy atom. The molecule has 0 saturated carbocycles. The maximum Gasteiger partial charge on any atom is 0.255 e. The number of fused-ring (bicyclic) bond motifs is 2. The monoisotopic (exact) mass is 454 g/mol. The first-order valence-corrected chi connectivity index (χ1v) is 11.2. The van der Waals surface area contributed by atoms with E-state index < -0.39 is 0 Å². The van der Waals surface area contributed by atoms with Crippen molar-refractivity contribution < 1.29 is 14.3 Å². The Bertz CT molecular complexity index is 1440. The molecular weight excluding hydrogens is 428 g/mol. The maximum atomic E-state index is 14.1. The van der Waals surface area contributed by atoms with Gasteiger partial charge in [0.1, 0.15) is 0 Å². The molecule has 6 nitrogen and oxygen atoms in total. The van der Waals surface area contributed by atoms with Crippen molar-refractivity contribution in [1.29, 1.82) is 0 Å². The Balaban J connectivity index is 1.69. The molecule has 0 fully saturated rings. The molecule has 6 heteroatoms. The molecule has 2 heterocycles. The molecule has 1 aliphatic rings. The highest BCUT2D eigenvalue weighted by Crippen LogP contribution is 2.41. The lowest BCUT2D eigenvalue weighted by Crippen LogP contribution is -2.41. The van der Waals surface area contributed by atoms with Crippen molar-refractivity contribution in [1.82, 2.24) is 9.47 Å². The van der Waals surface area contributed by atoms with Gasteiger partial charge in [0.05, 0.1) is 31.3 Å². The molecule has 0 spiro atoms. The summed E-state index contributed by atoms with van der Waals surface area (Å²) >= 11 is 0. The van der Waals surface area contributed by atoms with Crippen LogP contribution in [0.5, 0.6) is 11.5 Å². The summed E-state index contributed by atoms with van der Waals surface area (Å²) in [4.78, 5) is 28.6. The second-order valence-electron chi connectivity index (χ2n) is 8.44. The van der Waals surface area contributed by atoms with Gasteiger partial charge in [0.15, 0.2) is 11.5 Å². The number of para-hydroxylation sites is 1. The summed E-state index contributed by atoms with van der Waals surface area (Å²) in [7, 11) is 4.96. The van der Waals surface area contributed by atoms with Crippen molar-refractivity contribution in [2.24, 2.45) is 7.05 Å². The van der Waals surface area contributed by atoms with Crippen molar-refractivity contribution in [2.75, 3.05) is 20.8 Å². The van der Waals surface area contributed by atoms with Gasteiger partial charge >= 0.3 is 0 Å². The van der Waals surface area contributed by atoms with Gasteiger partial charge in [0, 0.05) is 25.0 Å². The van der Waals surface area contributed by atoms with Crippen LogP contribution in [0.3, 0.4) is 0 Å². The summed E-state index contributed by atoms with van der Waals surface area (Å²) in [5.41, 5.74) is 4.06. The number of benzene rings is 3. The lowest BCUT2D eigenvalue weighted by Gasteiger charge is -2.38. The van der Waals surface area contributed by atoms with Crippen LogP contribution in [0.1, 0.15) is 33.1 Å². The van der Waals surface area contributed by atoms with Crippen molar-refractivity contribution >= 4 is 16.8 Å². The molecule has 5 rings (SSSR count). The predicted molar refractivity (Wildman–Crippen MR) is 132 cm³/mol. The van der Waals surface area contributed by atoms with Gasteiger partial charge < -0.3 is 18.9 Å². The minimum absolute atomic E-state index is 0.164. The van der Waals surface area contributed by atoms with E-state index in [-0.39, 0.29) is 17.5 Å². The summed E-state index contributed by atoms with van der Waals surface area (Å²) in [5.74, 6) is 1.13. The normalized spacial score (nSPS) is 15.1. The third kappa shape index (κ3) is 3.52. The van der Waals surface area contributed by atoms with Gasteiger partial charge in [-0.3, -0.25) is 9.59 Å². The Morgan fingerprint density at radius 2 is 1.59 bits per heavy atom. The number of rotatable bonds is 4. The number of aryl methyl sites for hydroxylation is 1. The summed E-state index contributed by atoms with van der Waals surface area (Å²) in [6.45, 7) is 0.518. The topological polar surface area (TPSA) is 60.8 Å². The highest BCUT2D eigenvalue weighted by atomic mass is 16.5. The van der Waals surface area contributed by atoms with E-state index in [0.717, 1.165) is 27.6 Å². The molecule has 34 heavy (non-hydrogen) atoms. The van der Waals surface area contributed by atoms with E-state index in [4.69, 9.17) is 9.47 Å². The van der Waals surface area contributed by atoms with E-state index in [2.05, 4.69) is 0 Å². The van der Waals surface area contributed by atoms with Crippen LogP contribution in [0.15, 0.2) is 77.6 Å². The largest absolute Gasteiger partial charge is 0.493 e. The lowest BCUT2D eigenvalue weighted by atomic mass is 9.87. The third-order valence-corrected chi connectivity index (χ3v) is 6.63. The fourth-order valence-corrected chi connectivity index (χ4v) is 4.90. The highest BCUT2D eigenvalue weighted by Gasteiger charge is 2.34. The van der Waals surface area contributed by atoms with Crippen LogP contribution in [0.2, 0.25) is 0 Å². The molecular formula is C28H26N2O4. The fraction of sp³-hybridized carbons (Fsp3) is 0.214. The second kappa shape index (κ2) is 8.71. The minimum atomic E-state index is -0.319. The summed E-state index contributed by atoms with van der Waals surface area (Å²) in [6.07, 6.45) is 0.674. The number of carbonyl (C=O) groups is 1. The number of pyridine rings is 1. The van der Waals surface area contributed by atoms with Crippen molar-refractivity contribution in [2.45, 2.75) is 12.5 Å². The molecule has 0 radical (unpaired) electrons. The second-order valence-corrected chi connectivity index (χ2v) is 8.44. The number of ether oxygens (including phenoxy) is 2. The molecule has 1 aliphatic heterocycles. The van der Waals surface area contributed by atoms with E-state index in [0.29, 0.717) is 30.0 Å². The van der Waals surface area contributed by atoms with Crippen LogP contribution < -0.4 is 15.0 Å². The molecule has 1 amide bonds. The zero-order valence-electron chi connectivity index (χ0n) is 19.4. The number of amides is 1. The summed E-state index contributed by atoms with van der Waals surface area (Å²) in [5, 5.41) is 0.763. The van der Waals surface area contributed by atoms with Gasteiger partial charge in [-0.05, 0) is 41.3 Å².